The topological polar surface area (TPSA) is 178 Å². The van der Waals surface area contributed by atoms with Crippen LogP contribution >= 0.6 is 0 Å². The number of amidine groups is 1. The number of benzene rings is 3. The molecule has 0 aliphatic heterocycles. The predicted octanol–water partition coefficient (Wildman–Crippen LogP) is 4.33. The van der Waals surface area contributed by atoms with E-state index in [0.29, 0.717) is 26.5 Å². The van der Waals surface area contributed by atoms with Gasteiger partial charge in [0.05, 0.1) is 0 Å². The van der Waals surface area contributed by atoms with Gasteiger partial charge in [-0.15, -0.1) is 0 Å². The third-order valence-corrected chi connectivity index (χ3v) is 8.08. The zero-order valence-electron chi connectivity index (χ0n) is 19.8. The molecule has 0 unspecified atom stereocenters. The van der Waals surface area contributed by atoms with Crippen molar-refractivity contribution >= 4 is 37.2 Å². The third-order valence-electron chi connectivity index (χ3n) is 4.99. The zero-order valence-corrected chi connectivity index (χ0v) is 22.3. The molecule has 0 aliphatic carbocycles. The van der Waals surface area contributed by atoms with Crippen LogP contribution in [0.4, 0.5) is 11.4 Å². The summed E-state index contributed by atoms with van der Waals surface area (Å²) in [6.07, 6.45) is 0.232. The maximum absolute atomic E-state index is 12.7. The molecule has 0 amide bonds. The van der Waals surface area contributed by atoms with Crippen LogP contribution in [0.15, 0.2) is 91.9 Å². The van der Waals surface area contributed by atoms with E-state index in [0.717, 1.165) is 6.07 Å². The molecule has 3 aromatic carbocycles. The Morgan fingerprint density at radius 3 is 2.32 bits per heavy atom. The van der Waals surface area contributed by atoms with Crippen molar-refractivity contribution in [3.8, 4) is 5.75 Å². The van der Waals surface area contributed by atoms with Gasteiger partial charge in [-0.3, -0.25) is 0 Å². The van der Waals surface area contributed by atoms with Crippen LogP contribution in [0.1, 0.15) is 24.5 Å². The number of rotatable bonds is 10. The molecular formula is C23H23CuN4O8S2+. The van der Waals surface area contributed by atoms with Crippen molar-refractivity contribution in [2.75, 3.05) is 5.75 Å². The Balaban J connectivity index is 2.19. The van der Waals surface area contributed by atoms with E-state index >= 15 is 0 Å². The minimum atomic E-state index is -5.04. The van der Waals surface area contributed by atoms with E-state index in [1.807, 2.05) is 0 Å². The molecule has 3 aromatic rings. The molecule has 0 fully saturated rings. The van der Waals surface area contributed by atoms with E-state index in [4.69, 9.17) is 21.1 Å². The van der Waals surface area contributed by atoms with Gasteiger partial charge in [0.2, 0.25) is 0 Å². The summed E-state index contributed by atoms with van der Waals surface area (Å²) in [4.78, 5) is 2.65. The van der Waals surface area contributed by atoms with Crippen molar-refractivity contribution < 1.29 is 56.1 Å². The van der Waals surface area contributed by atoms with Gasteiger partial charge in [-0.1, -0.05) is 0 Å². The Bertz CT molecular complexity index is 1610. The molecule has 0 radical (unpaired) electrons. The van der Waals surface area contributed by atoms with Gasteiger partial charge in [0.25, 0.3) is 0 Å². The second-order valence-electron chi connectivity index (χ2n) is 7.70. The van der Waals surface area contributed by atoms with Gasteiger partial charge in [-0.05, 0) is 0 Å². The average Bonchev–Trinajstić information content (AvgIpc) is 2.87. The summed E-state index contributed by atoms with van der Waals surface area (Å²) in [5, 5.41) is 31.8. The molecule has 3 N–H and O–H groups in total. The third kappa shape index (κ3) is 7.23. The summed E-state index contributed by atoms with van der Waals surface area (Å²) < 4.78 is 59.3. The van der Waals surface area contributed by atoms with Gasteiger partial charge in [0.15, 0.2) is 0 Å². The molecule has 0 aliphatic rings. The summed E-state index contributed by atoms with van der Waals surface area (Å²) in [5.74, 6) is -1.42. The maximum atomic E-state index is 12.7. The van der Waals surface area contributed by atoms with Crippen molar-refractivity contribution in [2.45, 2.75) is 29.7 Å². The second kappa shape index (κ2) is 12.6. The van der Waals surface area contributed by atoms with Crippen LogP contribution < -0.4 is 0 Å². The second-order valence-corrected chi connectivity index (χ2v) is 11.6. The number of azo groups is 1. The Morgan fingerprint density at radius 1 is 1.03 bits per heavy atom. The van der Waals surface area contributed by atoms with Crippen molar-refractivity contribution in [3.63, 3.8) is 0 Å². The van der Waals surface area contributed by atoms with Gasteiger partial charge in [-0.2, -0.15) is 0 Å². The SMILES string of the molecule is CCCS(=O)(=O)c1cc([N+](=[Cu])N=C(N=Nc2ccccc2COO)c2ccccc2)c(O)c(S(=O)(=O)O)c1. The monoisotopic (exact) mass is 610 g/mol. The van der Waals surface area contributed by atoms with E-state index in [1.165, 1.54) is 0 Å². The molecule has 15 heteroatoms. The van der Waals surface area contributed by atoms with E-state index < -0.39 is 41.2 Å². The number of hydrogen-bond acceptors (Lipinski definition) is 9. The fourth-order valence-electron chi connectivity index (χ4n) is 3.21. The molecule has 0 atom stereocenters. The van der Waals surface area contributed by atoms with Crippen LogP contribution in [0.3, 0.4) is 0 Å². The molecule has 0 saturated heterocycles. The Labute approximate surface area is 227 Å². The van der Waals surface area contributed by atoms with E-state index in [1.54, 1.807) is 61.5 Å². The predicted molar refractivity (Wildman–Crippen MR) is 132 cm³/mol. The Morgan fingerprint density at radius 2 is 1.68 bits per heavy atom. The van der Waals surface area contributed by atoms with E-state index in [2.05, 4.69) is 20.2 Å². The van der Waals surface area contributed by atoms with Crippen molar-refractivity contribution in [3.05, 3.63) is 77.9 Å². The van der Waals surface area contributed by atoms with Crippen LogP contribution in [-0.4, -0.2) is 47.0 Å². The summed E-state index contributed by atoms with van der Waals surface area (Å²) in [7, 11) is -9.02. The normalized spacial score (nSPS) is 12.7. The Hall–Kier alpha value is -3.17. The molecule has 12 nitrogen and oxygen atoms in total. The van der Waals surface area contributed by atoms with Crippen LogP contribution in [0.2, 0.25) is 0 Å². The first kappa shape index (κ1) is 29.4. The molecule has 0 spiro atoms. The van der Waals surface area contributed by atoms with Crippen molar-refractivity contribution in [1.29, 1.82) is 0 Å². The molecule has 0 bridgehead atoms. The van der Waals surface area contributed by atoms with E-state index in [9.17, 15) is 26.5 Å². The van der Waals surface area contributed by atoms with Crippen LogP contribution in [-0.2, 0) is 47.3 Å². The summed E-state index contributed by atoms with van der Waals surface area (Å²) >= 11 is 5.45. The number of nitrogens with zero attached hydrogens (tertiary/aromatic N) is 4. The number of sulfone groups is 1. The average molecular weight is 611 g/mol. The molecule has 0 aromatic heterocycles. The van der Waals surface area contributed by atoms with Gasteiger partial charge >= 0.3 is 228 Å². The first-order valence-corrected chi connectivity index (χ1v) is 14.4. The summed E-state index contributed by atoms with van der Waals surface area (Å²) in [5.41, 5.74) is 0.753. The van der Waals surface area contributed by atoms with Crippen molar-refractivity contribution in [2.24, 2.45) is 15.3 Å². The van der Waals surface area contributed by atoms with Crippen LogP contribution in [0.5, 0.6) is 5.75 Å². The number of phenols is 1. The number of hydrogen-bond donors (Lipinski definition) is 3. The fraction of sp³-hybridized carbons (Fsp3) is 0.174. The fourth-order valence-corrected chi connectivity index (χ4v) is 5.52. The van der Waals surface area contributed by atoms with Gasteiger partial charge < -0.3 is 0 Å². The van der Waals surface area contributed by atoms with Gasteiger partial charge in [-0.25, -0.2) is 0 Å². The first-order valence-electron chi connectivity index (χ1n) is 10.9. The summed E-state index contributed by atoms with van der Waals surface area (Å²) in [6.45, 7) is 1.46. The number of aromatic hydroxyl groups is 1. The molecular weight excluding hydrogens is 588 g/mol. The van der Waals surface area contributed by atoms with Gasteiger partial charge in [0, 0.05) is 0 Å². The zero-order chi connectivity index (χ0) is 27.9. The first-order chi connectivity index (χ1) is 18.0. The van der Waals surface area contributed by atoms with Gasteiger partial charge in [0.1, 0.15) is 0 Å². The minimum absolute atomic E-state index is 0.0932. The standard InChI is InChI=1S/C23H23N4O8S2.Cu/c1-2-12-36(30,31)18-13-20(22(28)21(14-18)37(32,33)34)25-27-23(16-8-4-3-5-9-16)26-24-19-11-7-6-10-17(19)15-35-29;/h3-11,13-14H,2,12,15H2,1H3,(H3-,24,25,26,27,28,29,32,33,34);/q-1;+2. The Kier molecular flexibility index (Phi) is 9.73. The summed E-state index contributed by atoms with van der Waals surface area (Å²) in [6, 6.07) is 16.6. The molecule has 0 saturated carbocycles. The quantitative estimate of drug-likeness (QED) is 0.0577. The number of hydrazone groups is 1. The number of phenolic OH excluding ortho intramolecular Hbond substituents is 1. The molecule has 0 heterocycles. The van der Waals surface area contributed by atoms with Crippen molar-refractivity contribution in [1.82, 2.24) is 0 Å². The molecule has 38 heavy (non-hydrogen) atoms. The van der Waals surface area contributed by atoms with Crippen LogP contribution in [0.25, 0.3) is 0 Å². The van der Waals surface area contributed by atoms with Crippen LogP contribution in [0, 0.1) is 0 Å². The molecule has 205 valence electrons. The molecule has 3 rings (SSSR count). The van der Waals surface area contributed by atoms with E-state index in [-0.39, 0.29) is 24.6 Å².